The monoisotopic (exact) mass is 707 g/mol. The van der Waals surface area contributed by atoms with Gasteiger partial charge >= 0.3 is 12.2 Å². The van der Waals surface area contributed by atoms with Crippen LogP contribution in [0.1, 0.15) is 43.2 Å². The summed E-state index contributed by atoms with van der Waals surface area (Å²) in [4.78, 5) is 12.6. The Kier molecular flexibility index (Phi) is 7.97. The molecule has 0 aliphatic carbocycles. The van der Waals surface area contributed by atoms with Crippen LogP contribution in [0.25, 0.3) is 32.9 Å². The van der Waals surface area contributed by atoms with Gasteiger partial charge in [-0.2, -0.15) is 37.0 Å². The molecular formula is C34H33F8N7O. The van der Waals surface area contributed by atoms with Crippen molar-refractivity contribution in [2.45, 2.75) is 69.0 Å². The number of fused-ring (bicyclic) bond motifs is 7. The number of nitrogens with one attached hydrogen (secondary N) is 2. The van der Waals surface area contributed by atoms with Gasteiger partial charge in [0.15, 0.2) is 5.82 Å². The molecular weight excluding hydrogens is 674 g/mol. The molecule has 8 nitrogen and oxygen atoms in total. The SMILES string of the molecule is Cc1c(F)cc2[nH]ncc2c1-c1c(C(F)(F)F)cc2c(N3C[C@@H]4CC[C@@H](C3)C(C=C(F)F)N4)nc(OCC34CCCN3C[C@H](F)C4)nc2c1F. The van der Waals surface area contributed by atoms with Crippen LogP contribution in [0.15, 0.2) is 30.5 Å². The van der Waals surface area contributed by atoms with E-state index in [9.17, 15) is 26.3 Å². The van der Waals surface area contributed by atoms with Crippen molar-refractivity contribution in [3.8, 4) is 17.1 Å². The number of H-pyrrole nitrogens is 1. The summed E-state index contributed by atoms with van der Waals surface area (Å²) in [5.74, 6) is -2.63. The van der Waals surface area contributed by atoms with Gasteiger partial charge in [-0.05, 0) is 68.8 Å². The van der Waals surface area contributed by atoms with Gasteiger partial charge in [0, 0.05) is 60.0 Å². The molecule has 2 unspecified atom stereocenters. The average molecular weight is 708 g/mol. The number of rotatable bonds is 6. The molecule has 2 aromatic heterocycles. The van der Waals surface area contributed by atoms with Crippen LogP contribution in [0.5, 0.6) is 6.01 Å². The summed E-state index contributed by atoms with van der Waals surface area (Å²) >= 11 is 0. The molecule has 5 atom stereocenters. The van der Waals surface area contributed by atoms with Crippen molar-refractivity contribution in [2.24, 2.45) is 5.92 Å². The third-order valence-electron chi connectivity index (χ3n) is 10.9. The minimum atomic E-state index is -5.10. The minimum absolute atomic E-state index is 0.0262. The lowest BCUT2D eigenvalue weighted by Gasteiger charge is -2.31. The normalized spacial score (nSPS) is 26.9. The first-order valence-electron chi connectivity index (χ1n) is 16.6. The van der Waals surface area contributed by atoms with Gasteiger partial charge in [-0.3, -0.25) is 10.00 Å². The second kappa shape index (κ2) is 12.0. The molecule has 2 bridgehead atoms. The van der Waals surface area contributed by atoms with Crippen molar-refractivity contribution < 1.29 is 39.9 Å². The van der Waals surface area contributed by atoms with Crippen LogP contribution in [-0.2, 0) is 6.18 Å². The van der Waals surface area contributed by atoms with Gasteiger partial charge in [0.1, 0.15) is 29.9 Å². The van der Waals surface area contributed by atoms with Crippen LogP contribution >= 0.6 is 0 Å². The molecule has 2 aromatic carbocycles. The maximum absolute atomic E-state index is 17.1. The summed E-state index contributed by atoms with van der Waals surface area (Å²) in [5.41, 5.74) is -3.86. The predicted molar refractivity (Wildman–Crippen MR) is 169 cm³/mol. The second-order valence-electron chi connectivity index (χ2n) is 14.0. The van der Waals surface area contributed by atoms with E-state index in [1.165, 1.54) is 13.1 Å². The molecule has 5 aliphatic heterocycles. The van der Waals surface area contributed by atoms with Gasteiger partial charge < -0.3 is 15.0 Å². The number of aromatic nitrogens is 4. The van der Waals surface area contributed by atoms with Gasteiger partial charge in [0.25, 0.3) is 6.08 Å². The zero-order valence-electron chi connectivity index (χ0n) is 26.9. The molecule has 5 aliphatic rings. The molecule has 50 heavy (non-hydrogen) atoms. The number of ether oxygens (including phenoxy) is 1. The molecule has 266 valence electrons. The third kappa shape index (κ3) is 5.54. The van der Waals surface area contributed by atoms with E-state index in [0.29, 0.717) is 25.8 Å². The maximum atomic E-state index is 17.1. The number of aromatic amines is 1. The molecule has 5 fully saturated rings. The number of halogens is 8. The van der Waals surface area contributed by atoms with Crippen molar-refractivity contribution in [2.75, 3.05) is 37.7 Å². The summed E-state index contributed by atoms with van der Waals surface area (Å²) < 4.78 is 125. The Morgan fingerprint density at radius 2 is 1.90 bits per heavy atom. The highest BCUT2D eigenvalue weighted by Crippen LogP contribution is 2.47. The van der Waals surface area contributed by atoms with Gasteiger partial charge in [0.2, 0.25) is 0 Å². The first-order chi connectivity index (χ1) is 23.8. The van der Waals surface area contributed by atoms with E-state index in [2.05, 4.69) is 25.5 Å². The fraction of sp³-hybridized carbons (Fsp3) is 0.500. The molecule has 7 heterocycles. The molecule has 4 aromatic rings. The zero-order chi connectivity index (χ0) is 35.1. The van der Waals surface area contributed by atoms with Crippen molar-refractivity contribution in [3.05, 3.63) is 53.2 Å². The smallest absolute Gasteiger partial charge is 0.417 e. The van der Waals surface area contributed by atoms with E-state index in [1.807, 2.05) is 4.90 Å². The minimum Gasteiger partial charge on any atom is -0.461 e. The van der Waals surface area contributed by atoms with Gasteiger partial charge in [-0.25, -0.2) is 13.2 Å². The Morgan fingerprint density at radius 3 is 2.68 bits per heavy atom. The Labute approximate surface area is 280 Å². The Balaban J connectivity index is 1.33. The van der Waals surface area contributed by atoms with E-state index in [0.717, 1.165) is 24.6 Å². The van der Waals surface area contributed by atoms with Crippen LogP contribution in [0.2, 0.25) is 0 Å². The zero-order valence-corrected chi connectivity index (χ0v) is 26.9. The number of benzene rings is 2. The highest BCUT2D eigenvalue weighted by molar-refractivity contribution is 6.02. The predicted octanol–water partition coefficient (Wildman–Crippen LogP) is 7.07. The lowest BCUT2D eigenvalue weighted by atomic mass is 9.89. The highest BCUT2D eigenvalue weighted by atomic mass is 19.4. The maximum Gasteiger partial charge on any atom is 0.417 e. The number of hydrogen-bond acceptors (Lipinski definition) is 7. The standard InChI is InChI=1S/C34H33F8N7O/c1-16-23(36)8-25-21(11-43-47-25)27(16)28-22(34(40,41)42)7-20-30(29(28)39)45-32(50-15-33-5-2-6-49(33)13-18(35)10-33)46-31(20)48-12-17-3-4-19(14-48)44-24(17)9-26(37)38/h7-9,11,17-19,24,44H,2-6,10,12-15H2,1H3,(H,43,47)/t17-,18+,19-,24?,33?/m0/s1. The van der Waals surface area contributed by atoms with Crippen molar-refractivity contribution >= 4 is 27.6 Å². The number of piperidine rings is 1. The van der Waals surface area contributed by atoms with Crippen LogP contribution in [-0.4, -0.2) is 81.6 Å². The van der Waals surface area contributed by atoms with E-state index >= 15 is 8.78 Å². The fourth-order valence-electron chi connectivity index (χ4n) is 8.65. The lowest BCUT2D eigenvalue weighted by Crippen LogP contribution is -2.46. The van der Waals surface area contributed by atoms with Crippen molar-refractivity contribution in [1.82, 2.24) is 30.4 Å². The molecule has 5 saturated heterocycles. The van der Waals surface area contributed by atoms with Crippen LogP contribution in [0, 0.1) is 24.5 Å². The average Bonchev–Trinajstić information content (AvgIpc) is 3.66. The van der Waals surface area contributed by atoms with Crippen molar-refractivity contribution in [1.29, 1.82) is 0 Å². The van der Waals surface area contributed by atoms with Crippen LogP contribution in [0.4, 0.5) is 40.9 Å². The summed E-state index contributed by atoms with van der Waals surface area (Å²) in [6.07, 6.45) is -3.06. The topological polar surface area (TPSA) is 82.2 Å². The van der Waals surface area contributed by atoms with E-state index in [4.69, 9.17) is 4.74 Å². The van der Waals surface area contributed by atoms with Gasteiger partial charge in [0.05, 0.1) is 22.8 Å². The molecule has 16 heteroatoms. The van der Waals surface area contributed by atoms with Crippen LogP contribution in [0.3, 0.4) is 0 Å². The van der Waals surface area contributed by atoms with E-state index in [-0.39, 0.29) is 83.9 Å². The second-order valence-corrected chi connectivity index (χ2v) is 14.0. The van der Waals surface area contributed by atoms with Crippen molar-refractivity contribution in [3.63, 3.8) is 0 Å². The lowest BCUT2D eigenvalue weighted by molar-refractivity contribution is -0.137. The summed E-state index contributed by atoms with van der Waals surface area (Å²) in [6, 6.07) is 0.531. The summed E-state index contributed by atoms with van der Waals surface area (Å²) in [5, 5.41) is 9.40. The Bertz CT molecular complexity index is 2010. The Morgan fingerprint density at radius 1 is 1.08 bits per heavy atom. The molecule has 0 saturated carbocycles. The third-order valence-corrected chi connectivity index (χ3v) is 10.9. The molecule has 9 rings (SSSR count). The molecule has 0 spiro atoms. The summed E-state index contributed by atoms with van der Waals surface area (Å²) in [6.45, 7) is 2.48. The van der Waals surface area contributed by atoms with Crippen LogP contribution < -0.4 is 15.0 Å². The first kappa shape index (κ1) is 33.1. The fourth-order valence-corrected chi connectivity index (χ4v) is 8.65. The molecule has 0 radical (unpaired) electrons. The molecule has 0 amide bonds. The van der Waals surface area contributed by atoms with Gasteiger partial charge in [-0.15, -0.1) is 0 Å². The number of alkyl halides is 4. The van der Waals surface area contributed by atoms with E-state index in [1.54, 1.807) is 4.90 Å². The molecule has 2 N–H and O–H groups in total. The quantitative estimate of drug-likeness (QED) is 0.208. The first-order valence-corrected chi connectivity index (χ1v) is 16.6. The number of anilines is 1. The highest BCUT2D eigenvalue weighted by Gasteiger charge is 2.49. The number of hydrogen-bond donors (Lipinski definition) is 2. The van der Waals surface area contributed by atoms with E-state index < -0.39 is 58.3 Å². The largest absolute Gasteiger partial charge is 0.461 e. The number of nitrogens with zero attached hydrogens (tertiary/aromatic N) is 5. The summed E-state index contributed by atoms with van der Waals surface area (Å²) in [7, 11) is 0. The van der Waals surface area contributed by atoms with Gasteiger partial charge in [-0.1, -0.05) is 0 Å². The Hall–Kier alpha value is -4.05.